The summed E-state index contributed by atoms with van der Waals surface area (Å²) in [5.41, 5.74) is 1.39. The number of likely N-dealkylation sites (tertiary alicyclic amines) is 1. The largest absolute Gasteiger partial charge is 0.396 e. The first kappa shape index (κ1) is 17.5. The normalized spacial score (nSPS) is 18.0. The van der Waals surface area contributed by atoms with Crippen LogP contribution in [0.4, 0.5) is 0 Å². The van der Waals surface area contributed by atoms with Gasteiger partial charge in [-0.3, -0.25) is 14.7 Å². The fourth-order valence-electron chi connectivity index (χ4n) is 2.84. The van der Waals surface area contributed by atoms with Gasteiger partial charge in [-0.15, -0.1) is 0 Å². The lowest BCUT2D eigenvalue weighted by molar-refractivity contribution is -0.126. The topological polar surface area (TPSA) is 98.3 Å². The van der Waals surface area contributed by atoms with Crippen molar-refractivity contribution in [1.29, 1.82) is 0 Å². The van der Waals surface area contributed by atoms with E-state index >= 15 is 0 Å². The van der Waals surface area contributed by atoms with Gasteiger partial charge in [-0.25, -0.2) is 0 Å². The summed E-state index contributed by atoms with van der Waals surface area (Å²) in [5, 5.41) is 18.6. The summed E-state index contributed by atoms with van der Waals surface area (Å²) < 4.78 is 0. The number of aliphatic hydroxyl groups excluding tert-OH is 1. The molecule has 0 bridgehead atoms. The van der Waals surface area contributed by atoms with E-state index in [1.165, 1.54) is 0 Å². The number of aryl methyl sites for hydroxylation is 1. The summed E-state index contributed by atoms with van der Waals surface area (Å²) in [6.07, 6.45) is 4.02. The molecule has 0 saturated carbocycles. The van der Waals surface area contributed by atoms with Crippen LogP contribution in [0.2, 0.25) is 0 Å². The van der Waals surface area contributed by atoms with Gasteiger partial charge in [0.25, 0.3) is 5.91 Å². The predicted molar refractivity (Wildman–Crippen MR) is 85.9 cm³/mol. The molecule has 0 aromatic carbocycles. The highest BCUT2D eigenvalue weighted by Gasteiger charge is 2.29. The molecule has 1 aromatic heterocycles. The number of carbonyl (C=O) groups excluding carboxylic acids is 2. The molecule has 1 atom stereocenters. The molecule has 1 aliphatic rings. The lowest BCUT2D eigenvalue weighted by Crippen LogP contribution is -2.45. The van der Waals surface area contributed by atoms with Crippen molar-refractivity contribution in [2.75, 3.05) is 26.2 Å². The third-order valence-electron chi connectivity index (χ3n) is 4.08. The highest BCUT2D eigenvalue weighted by Crippen LogP contribution is 2.18. The summed E-state index contributed by atoms with van der Waals surface area (Å²) in [6, 6.07) is 1.80. The van der Waals surface area contributed by atoms with Crippen LogP contribution in [0.25, 0.3) is 0 Å². The Bertz CT molecular complexity index is 529. The number of nitrogens with one attached hydrogen (secondary N) is 2. The van der Waals surface area contributed by atoms with Gasteiger partial charge in [0.05, 0.1) is 5.92 Å². The molecule has 1 fully saturated rings. The standard InChI is InChI=1S/C16H26N4O3/c1-2-5-13-10-14(19-18-13)16(23)20-8-3-6-12(11-20)15(22)17-7-4-9-21/h10,12,21H,2-9,11H2,1H3,(H,17,22)(H,18,19). The second-order valence-electron chi connectivity index (χ2n) is 5.99. The third kappa shape index (κ3) is 4.79. The van der Waals surface area contributed by atoms with Crippen LogP contribution in [0.15, 0.2) is 6.07 Å². The monoisotopic (exact) mass is 322 g/mol. The van der Waals surface area contributed by atoms with E-state index in [9.17, 15) is 9.59 Å². The second kappa shape index (κ2) is 8.67. The van der Waals surface area contributed by atoms with Gasteiger partial charge in [0.15, 0.2) is 0 Å². The van der Waals surface area contributed by atoms with Crippen molar-refractivity contribution in [3.8, 4) is 0 Å². The molecule has 0 aliphatic carbocycles. The zero-order valence-electron chi connectivity index (χ0n) is 13.7. The van der Waals surface area contributed by atoms with Crippen LogP contribution < -0.4 is 5.32 Å². The van der Waals surface area contributed by atoms with Crippen LogP contribution in [0.1, 0.15) is 48.8 Å². The molecule has 7 nitrogen and oxygen atoms in total. The predicted octanol–water partition coefficient (Wildman–Crippen LogP) is 0.713. The van der Waals surface area contributed by atoms with Crippen molar-refractivity contribution in [2.45, 2.75) is 39.0 Å². The van der Waals surface area contributed by atoms with Crippen molar-refractivity contribution in [2.24, 2.45) is 5.92 Å². The highest BCUT2D eigenvalue weighted by atomic mass is 16.3. The van der Waals surface area contributed by atoms with Crippen molar-refractivity contribution < 1.29 is 14.7 Å². The van der Waals surface area contributed by atoms with Gasteiger partial charge in [0, 0.05) is 31.9 Å². The Morgan fingerprint density at radius 3 is 3.09 bits per heavy atom. The first-order valence-corrected chi connectivity index (χ1v) is 8.37. The minimum absolute atomic E-state index is 0.0374. The molecule has 2 rings (SSSR count). The van der Waals surface area contributed by atoms with Crippen molar-refractivity contribution in [3.05, 3.63) is 17.5 Å². The number of carbonyl (C=O) groups is 2. The summed E-state index contributed by atoms with van der Waals surface area (Å²) in [6.45, 7) is 3.70. The van der Waals surface area contributed by atoms with Crippen LogP contribution in [0.3, 0.4) is 0 Å². The quantitative estimate of drug-likeness (QED) is 0.644. The number of rotatable bonds is 7. The van der Waals surface area contributed by atoms with E-state index in [4.69, 9.17) is 5.11 Å². The molecule has 7 heteroatoms. The Morgan fingerprint density at radius 1 is 1.52 bits per heavy atom. The molecule has 128 valence electrons. The minimum atomic E-state index is -0.180. The van der Waals surface area contributed by atoms with E-state index in [2.05, 4.69) is 22.4 Å². The van der Waals surface area contributed by atoms with Crippen LogP contribution >= 0.6 is 0 Å². The number of hydrogen-bond donors (Lipinski definition) is 3. The number of H-pyrrole nitrogens is 1. The maximum atomic E-state index is 12.5. The number of nitrogens with zero attached hydrogens (tertiary/aromatic N) is 2. The smallest absolute Gasteiger partial charge is 0.274 e. The van der Waals surface area contributed by atoms with Gasteiger partial charge >= 0.3 is 0 Å². The molecule has 0 spiro atoms. The van der Waals surface area contributed by atoms with Gasteiger partial charge < -0.3 is 15.3 Å². The van der Waals surface area contributed by atoms with Crippen LogP contribution in [-0.2, 0) is 11.2 Å². The van der Waals surface area contributed by atoms with Crippen molar-refractivity contribution in [1.82, 2.24) is 20.4 Å². The van der Waals surface area contributed by atoms with Gasteiger partial charge in [-0.05, 0) is 31.7 Å². The number of piperidine rings is 1. The lowest BCUT2D eigenvalue weighted by atomic mass is 9.97. The molecular weight excluding hydrogens is 296 g/mol. The van der Waals surface area contributed by atoms with Crippen LogP contribution in [-0.4, -0.2) is 58.3 Å². The van der Waals surface area contributed by atoms with Gasteiger partial charge in [-0.1, -0.05) is 13.3 Å². The molecule has 2 heterocycles. The van der Waals surface area contributed by atoms with Crippen molar-refractivity contribution >= 4 is 11.8 Å². The summed E-state index contributed by atoms with van der Waals surface area (Å²) in [7, 11) is 0. The molecule has 1 aromatic rings. The minimum Gasteiger partial charge on any atom is -0.396 e. The Balaban J connectivity index is 1.91. The SMILES string of the molecule is CCCc1cc(C(=O)N2CCCC(C(=O)NCCCO)C2)n[nH]1. The average Bonchev–Trinajstić information content (AvgIpc) is 3.03. The zero-order chi connectivity index (χ0) is 16.7. The summed E-state index contributed by atoms with van der Waals surface area (Å²) >= 11 is 0. The van der Waals surface area contributed by atoms with Crippen LogP contribution in [0, 0.1) is 5.92 Å². The molecule has 23 heavy (non-hydrogen) atoms. The highest BCUT2D eigenvalue weighted by molar-refractivity contribution is 5.93. The van der Waals surface area contributed by atoms with Gasteiger partial charge in [0.1, 0.15) is 5.69 Å². The Morgan fingerprint density at radius 2 is 2.35 bits per heavy atom. The average molecular weight is 322 g/mol. The first-order valence-electron chi connectivity index (χ1n) is 8.37. The second-order valence-corrected chi connectivity index (χ2v) is 5.99. The molecule has 2 amide bonds. The molecule has 3 N–H and O–H groups in total. The number of amides is 2. The molecule has 1 aliphatic heterocycles. The van der Waals surface area contributed by atoms with Gasteiger partial charge in [-0.2, -0.15) is 5.10 Å². The molecular formula is C16H26N4O3. The number of aromatic amines is 1. The molecule has 1 saturated heterocycles. The van der Waals surface area contributed by atoms with E-state index in [-0.39, 0.29) is 24.3 Å². The summed E-state index contributed by atoms with van der Waals surface area (Å²) in [4.78, 5) is 26.4. The number of aromatic nitrogens is 2. The van der Waals surface area contributed by atoms with E-state index in [0.29, 0.717) is 31.7 Å². The fraction of sp³-hybridized carbons (Fsp3) is 0.688. The Hall–Kier alpha value is -1.89. The van der Waals surface area contributed by atoms with E-state index in [1.54, 1.807) is 11.0 Å². The number of aliphatic hydroxyl groups is 1. The first-order chi connectivity index (χ1) is 11.2. The van der Waals surface area contributed by atoms with E-state index in [1.807, 2.05) is 0 Å². The van der Waals surface area contributed by atoms with E-state index < -0.39 is 0 Å². The van der Waals surface area contributed by atoms with Crippen molar-refractivity contribution in [3.63, 3.8) is 0 Å². The lowest BCUT2D eigenvalue weighted by Gasteiger charge is -2.31. The van der Waals surface area contributed by atoms with Crippen LogP contribution in [0.5, 0.6) is 0 Å². The Kier molecular flexibility index (Phi) is 6.58. The zero-order valence-corrected chi connectivity index (χ0v) is 13.7. The fourth-order valence-corrected chi connectivity index (χ4v) is 2.84. The molecule has 0 radical (unpaired) electrons. The maximum absolute atomic E-state index is 12.5. The summed E-state index contributed by atoms with van der Waals surface area (Å²) in [5.74, 6) is -0.332. The third-order valence-corrected chi connectivity index (χ3v) is 4.08. The maximum Gasteiger partial charge on any atom is 0.274 e. The molecule has 1 unspecified atom stereocenters. The Labute approximate surface area is 136 Å². The van der Waals surface area contributed by atoms with E-state index in [0.717, 1.165) is 31.4 Å². The number of hydrogen-bond acceptors (Lipinski definition) is 4. The van der Waals surface area contributed by atoms with Gasteiger partial charge in [0.2, 0.25) is 5.91 Å².